The van der Waals surface area contributed by atoms with Crippen LogP contribution in [-0.4, -0.2) is 4.57 Å². The zero-order valence-corrected chi connectivity index (χ0v) is 9.07. The molecule has 1 aromatic carbocycles. The van der Waals surface area contributed by atoms with Crippen LogP contribution in [0.2, 0.25) is 0 Å². The van der Waals surface area contributed by atoms with Crippen molar-refractivity contribution in [2.75, 3.05) is 0 Å². The number of nitriles is 1. The normalized spacial score (nSPS) is 12.6. The first-order chi connectivity index (χ1) is 7.24. The Labute approximate surface area is 89.7 Å². The summed E-state index contributed by atoms with van der Waals surface area (Å²) < 4.78 is 2.12. The van der Waals surface area contributed by atoms with Gasteiger partial charge in [0.15, 0.2) is 0 Å². The van der Waals surface area contributed by atoms with E-state index < -0.39 is 0 Å². The summed E-state index contributed by atoms with van der Waals surface area (Å²) in [5, 5.41) is 9.99. The molecule has 1 atom stereocenters. The largest absolute Gasteiger partial charge is 0.350 e. The Morgan fingerprint density at radius 2 is 2.13 bits per heavy atom. The Balaban J connectivity index is 2.58. The van der Waals surface area contributed by atoms with Gasteiger partial charge in [-0.1, -0.05) is 25.1 Å². The fourth-order valence-corrected chi connectivity index (χ4v) is 2.01. The minimum absolute atomic E-state index is 0.307. The van der Waals surface area contributed by atoms with Gasteiger partial charge < -0.3 is 4.57 Å². The lowest BCUT2D eigenvalue weighted by atomic mass is 9.98. The van der Waals surface area contributed by atoms with Crippen LogP contribution < -0.4 is 0 Å². The SMILES string of the molecule is C[C@H](CC#N)c1cn(C)c2ccccc12. The lowest BCUT2D eigenvalue weighted by molar-refractivity contribution is 0.788. The minimum atomic E-state index is 0.307. The topological polar surface area (TPSA) is 28.7 Å². The maximum absolute atomic E-state index is 8.72. The van der Waals surface area contributed by atoms with Crippen LogP contribution in [0.4, 0.5) is 0 Å². The monoisotopic (exact) mass is 198 g/mol. The molecule has 0 saturated carbocycles. The number of benzene rings is 1. The summed E-state index contributed by atoms with van der Waals surface area (Å²) in [6.45, 7) is 2.10. The molecule has 0 N–H and O–H groups in total. The van der Waals surface area contributed by atoms with Crippen molar-refractivity contribution in [2.24, 2.45) is 7.05 Å². The van der Waals surface area contributed by atoms with Gasteiger partial charge in [-0.15, -0.1) is 0 Å². The third kappa shape index (κ3) is 1.61. The first-order valence-electron chi connectivity index (χ1n) is 5.15. The van der Waals surface area contributed by atoms with Crippen LogP contribution in [0.3, 0.4) is 0 Å². The van der Waals surface area contributed by atoms with Gasteiger partial charge in [0.25, 0.3) is 0 Å². The van der Waals surface area contributed by atoms with Gasteiger partial charge in [-0.25, -0.2) is 0 Å². The van der Waals surface area contributed by atoms with Crippen LogP contribution in [0.15, 0.2) is 30.5 Å². The number of nitrogens with zero attached hydrogens (tertiary/aromatic N) is 2. The highest BCUT2D eigenvalue weighted by molar-refractivity contribution is 5.84. The molecule has 1 heterocycles. The van der Waals surface area contributed by atoms with E-state index >= 15 is 0 Å². The number of aromatic nitrogens is 1. The average molecular weight is 198 g/mol. The van der Waals surface area contributed by atoms with Gasteiger partial charge in [-0.3, -0.25) is 0 Å². The molecule has 0 radical (unpaired) electrons. The van der Waals surface area contributed by atoms with E-state index in [4.69, 9.17) is 5.26 Å². The summed E-state index contributed by atoms with van der Waals surface area (Å²) in [6, 6.07) is 10.6. The molecule has 0 spiro atoms. The molecular weight excluding hydrogens is 184 g/mol. The molecule has 0 fully saturated rings. The summed E-state index contributed by atoms with van der Waals surface area (Å²) >= 11 is 0. The summed E-state index contributed by atoms with van der Waals surface area (Å²) in [6.07, 6.45) is 2.71. The molecule has 2 rings (SSSR count). The second kappa shape index (κ2) is 3.78. The maximum atomic E-state index is 8.72. The van der Waals surface area contributed by atoms with Crippen molar-refractivity contribution < 1.29 is 0 Å². The summed E-state index contributed by atoms with van der Waals surface area (Å²) in [5.41, 5.74) is 2.51. The van der Waals surface area contributed by atoms with Gasteiger partial charge >= 0.3 is 0 Å². The van der Waals surface area contributed by atoms with Crippen LogP contribution in [0.25, 0.3) is 10.9 Å². The maximum Gasteiger partial charge on any atom is 0.0628 e. The van der Waals surface area contributed by atoms with Crippen molar-refractivity contribution in [2.45, 2.75) is 19.3 Å². The Bertz CT molecular complexity index is 517. The fraction of sp³-hybridized carbons (Fsp3) is 0.308. The van der Waals surface area contributed by atoms with E-state index in [-0.39, 0.29) is 0 Å². The number of aryl methyl sites for hydroxylation is 1. The smallest absolute Gasteiger partial charge is 0.0628 e. The van der Waals surface area contributed by atoms with E-state index in [0.717, 1.165) is 0 Å². The standard InChI is InChI=1S/C13H14N2/c1-10(7-8-14)12-9-15(2)13-6-4-3-5-11(12)13/h3-6,9-10H,7H2,1-2H3/t10-/m1/s1. The number of hydrogen-bond acceptors (Lipinski definition) is 1. The van der Waals surface area contributed by atoms with E-state index in [1.54, 1.807) is 0 Å². The molecule has 0 saturated heterocycles. The zero-order chi connectivity index (χ0) is 10.8. The minimum Gasteiger partial charge on any atom is -0.350 e. The number of para-hydroxylation sites is 1. The zero-order valence-electron chi connectivity index (χ0n) is 9.07. The molecule has 76 valence electrons. The highest BCUT2D eigenvalue weighted by Crippen LogP contribution is 2.28. The Morgan fingerprint density at radius 1 is 1.40 bits per heavy atom. The molecule has 2 aromatic rings. The molecule has 2 nitrogen and oxygen atoms in total. The van der Waals surface area contributed by atoms with Gasteiger partial charge in [0.1, 0.15) is 0 Å². The van der Waals surface area contributed by atoms with Crippen molar-refractivity contribution in [3.8, 4) is 6.07 Å². The number of fused-ring (bicyclic) bond motifs is 1. The van der Waals surface area contributed by atoms with Gasteiger partial charge in [0.2, 0.25) is 0 Å². The second-order valence-corrected chi connectivity index (χ2v) is 3.98. The lowest BCUT2D eigenvalue weighted by Gasteiger charge is -2.04. The van der Waals surface area contributed by atoms with E-state index in [2.05, 4.69) is 35.9 Å². The molecule has 0 unspecified atom stereocenters. The quantitative estimate of drug-likeness (QED) is 0.728. The highest BCUT2D eigenvalue weighted by Gasteiger charge is 2.11. The Kier molecular flexibility index (Phi) is 2.47. The van der Waals surface area contributed by atoms with Crippen LogP contribution in [0.1, 0.15) is 24.8 Å². The van der Waals surface area contributed by atoms with E-state index in [1.165, 1.54) is 16.5 Å². The third-order valence-corrected chi connectivity index (χ3v) is 2.86. The van der Waals surface area contributed by atoms with Gasteiger partial charge in [0.05, 0.1) is 6.07 Å². The summed E-state index contributed by atoms with van der Waals surface area (Å²) in [4.78, 5) is 0. The lowest BCUT2D eigenvalue weighted by Crippen LogP contribution is -1.90. The summed E-state index contributed by atoms with van der Waals surface area (Å²) in [5.74, 6) is 0.307. The van der Waals surface area contributed by atoms with Crippen molar-refractivity contribution in [1.82, 2.24) is 4.57 Å². The van der Waals surface area contributed by atoms with Crippen LogP contribution in [0.5, 0.6) is 0 Å². The predicted molar refractivity (Wildman–Crippen MR) is 61.6 cm³/mol. The van der Waals surface area contributed by atoms with Crippen LogP contribution >= 0.6 is 0 Å². The molecule has 1 aromatic heterocycles. The van der Waals surface area contributed by atoms with Crippen LogP contribution in [-0.2, 0) is 7.05 Å². The summed E-state index contributed by atoms with van der Waals surface area (Å²) in [7, 11) is 2.05. The molecular formula is C13H14N2. The van der Waals surface area contributed by atoms with Crippen LogP contribution in [0, 0.1) is 11.3 Å². The average Bonchev–Trinajstić information content (AvgIpc) is 2.58. The molecule has 0 amide bonds. The molecule has 2 heteroatoms. The molecule has 15 heavy (non-hydrogen) atoms. The van der Waals surface area contributed by atoms with Crippen molar-refractivity contribution in [3.63, 3.8) is 0 Å². The van der Waals surface area contributed by atoms with Gasteiger partial charge in [-0.05, 0) is 17.5 Å². The second-order valence-electron chi connectivity index (χ2n) is 3.98. The van der Waals surface area contributed by atoms with E-state index in [9.17, 15) is 0 Å². The number of hydrogen-bond donors (Lipinski definition) is 0. The Morgan fingerprint density at radius 3 is 2.87 bits per heavy atom. The van der Waals surface area contributed by atoms with E-state index in [1.807, 2.05) is 19.2 Å². The van der Waals surface area contributed by atoms with E-state index in [0.29, 0.717) is 12.3 Å². The van der Waals surface area contributed by atoms with Gasteiger partial charge in [0, 0.05) is 30.6 Å². The van der Waals surface area contributed by atoms with Gasteiger partial charge in [-0.2, -0.15) is 5.26 Å². The molecule has 0 aliphatic rings. The fourth-order valence-electron chi connectivity index (χ4n) is 2.01. The molecule has 0 bridgehead atoms. The highest BCUT2D eigenvalue weighted by atomic mass is 14.9. The predicted octanol–water partition coefficient (Wildman–Crippen LogP) is 3.20. The molecule has 0 aliphatic carbocycles. The van der Waals surface area contributed by atoms with Crippen molar-refractivity contribution in [1.29, 1.82) is 5.26 Å². The number of rotatable bonds is 2. The first-order valence-corrected chi connectivity index (χ1v) is 5.15. The first kappa shape index (κ1) is 9.79. The third-order valence-electron chi connectivity index (χ3n) is 2.86. The van der Waals surface area contributed by atoms with Crippen molar-refractivity contribution >= 4 is 10.9 Å². The van der Waals surface area contributed by atoms with Crippen molar-refractivity contribution in [3.05, 3.63) is 36.0 Å². The Hall–Kier alpha value is -1.75. The molecule has 0 aliphatic heterocycles.